The van der Waals surface area contributed by atoms with Gasteiger partial charge in [0, 0.05) is 21.8 Å². The van der Waals surface area contributed by atoms with E-state index in [1.165, 1.54) is 0 Å². The van der Waals surface area contributed by atoms with Crippen molar-refractivity contribution < 1.29 is 0 Å². The van der Waals surface area contributed by atoms with Gasteiger partial charge in [0.1, 0.15) is 0 Å². The first-order chi connectivity index (χ1) is 10.4. The quantitative estimate of drug-likeness (QED) is 0.413. The van der Waals surface area contributed by atoms with Crippen LogP contribution < -0.4 is 5.73 Å². The fourth-order valence-electron chi connectivity index (χ4n) is 2.03. The maximum Gasteiger partial charge on any atom is 0.0513 e. The Morgan fingerprint density at radius 3 is 2.68 bits per heavy atom. The highest BCUT2D eigenvalue weighted by Crippen LogP contribution is 2.36. The number of rotatable bonds is 5. The largest absolute Gasteiger partial charge is 0.399 e. The maximum atomic E-state index is 6.27. The van der Waals surface area contributed by atoms with Crippen LogP contribution in [0.15, 0.2) is 53.0 Å². The predicted octanol–water partition coefficient (Wildman–Crippen LogP) is 5.90. The number of nitrogen functional groups attached to an aromatic ring is 1. The van der Waals surface area contributed by atoms with E-state index in [0.717, 1.165) is 27.3 Å². The highest BCUT2D eigenvalue weighted by Gasteiger charge is 2.09. The molecule has 114 valence electrons. The fraction of sp³-hybridized carbons (Fsp3) is 0.167. The molecule has 0 bridgehead atoms. The maximum absolute atomic E-state index is 6.27. The molecule has 22 heavy (non-hydrogen) atoms. The van der Waals surface area contributed by atoms with Gasteiger partial charge in [-0.15, -0.1) is 11.3 Å². The van der Waals surface area contributed by atoms with Gasteiger partial charge < -0.3 is 5.73 Å². The van der Waals surface area contributed by atoms with E-state index >= 15 is 0 Å². The summed E-state index contributed by atoms with van der Waals surface area (Å²) >= 11 is 7.90. The van der Waals surface area contributed by atoms with Gasteiger partial charge >= 0.3 is 0 Å². The van der Waals surface area contributed by atoms with Gasteiger partial charge in [-0.3, -0.25) is 4.99 Å². The molecule has 2 nitrogen and oxygen atoms in total. The molecule has 0 atom stereocenters. The predicted molar refractivity (Wildman–Crippen MR) is 101 cm³/mol. The van der Waals surface area contributed by atoms with Gasteiger partial charge in [-0.2, -0.15) is 0 Å². The number of anilines is 1. The van der Waals surface area contributed by atoms with E-state index in [-0.39, 0.29) is 0 Å². The molecule has 1 heterocycles. The molecule has 0 amide bonds. The molecule has 2 N–H and O–H groups in total. The molecule has 1 aromatic carbocycles. The molecule has 2 aromatic rings. The number of nitrogens with two attached hydrogens (primary N) is 1. The van der Waals surface area contributed by atoms with Crippen LogP contribution in [0, 0.1) is 5.92 Å². The molecule has 0 radical (unpaired) electrons. The van der Waals surface area contributed by atoms with Crippen LogP contribution in [-0.2, 0) is 0 Å². The second-order valence-corrected chi connectivity index (χ2v) is 6.66. The number of allylic oxidation sites excluding steroid dienone is 3. The van der Waals surface area contributed by atoms with Crippen molar-refractivity contribution in [2.24, 2.45) is 10.9 Å². The minimum absolute atomic E-state index is 0.318. The Morgan fingerprint density at radius 1 is 1.36 bits per heavy atom. The number of aliphatic imine (C=N–C) groups is 1. The molecule has 0 aliphatic rings. The normalized spacial score (nSPS) is 11.7. The lowest BCUT2D eigenvalue weighted by atomic mass is 10.0. The zero-order chi connectivity index (χ0) is 16.3. The van der Waals surface area contributed by atoms with Gasteiger partial charge in [0.25, 0.3) is 0 Å². The van der Waals surface area contributed by atoms with Crippen LogP contribution in [0.2, 0.25) is 5.02 Å². The smallest absolute Gasteiger partial charge is 0.0513 e. The van der Waals surface area contributed by atoms with Crippen molar-refractivity contribution in [2.45, 2.75) is 13.8 Å². The fourth-order valence-corrected chi connectivity index (χ4v) is 3.35. The molecule has 0 aliphatic heterocycles. The minimum atomic E-state index is 0.318. The average Bonchev–Trinajstić information content (AvgIpc) is 2.93. The van der Waals surface area contributed by atoms with E-state index in [9.17, 15) is 0 Å². The SMILES string of the molecule is C=N/C(=C\C(=C)c1csc(-c2ccc(N)cc2Cl)c1)C(C)C. The van der Waals surface area contributed by atoms with Crippen LogP contribution in [0.3, 0.4) is 0 Å². The van der Waals surface area contributed by atoms with Crippen molar-refractivity contribution in [1.29, 1.82) is 0 Å². The van der Waals surface area contributed by atoms with E-state index in [4.69, 9.17) is 17.3 Å². The molecule has 2 rings (SSSR count). The molecule has 0 saturated heterocycles. The highest BCUT2D eigenvalue weighted by molar-refractivity contribution is 7.13. The second-order valence-electron chi connectivity index (χ2n) is 5.35. The number of hydrogen-bond acceptors (Lipinski definition) is 3. The van der Waals surface area contributed by atoms with E-state index in [1.54, 1.807) is 17.4 Å². The third-order valence-electron chi connectivity index (χ3n) is 3.33. The third-order valence-corrected chi connectivity index (χ3v) is 4.60. The van der Waals surface area contributed by atoms with Crippen LogP contribution in [0.25, 0.3) is 16.0 Å². The van der Waals surface area contributed by atoms with E-state index in [2.05, 4.69) is 43.6 Å². The van der Waals surface area contributed by atoms with E-state index < -0.39 is 0 Å². The topological polar surface area (TPSA) is 38.4 Å². The third kappa shape index (κ3) is 3.67. The first kappa shape index (κ1) is 16.5. The average molecular weight is 331 g/mol. The van der Waals surface area contributed by atoms with Gasteiger partial charge in [0.15, 0.2) is 0 Å². The standard InChI is InChI=1S/C18H19ClN2S/c1-11(2)17(21-4)7-12(3)13-8-18(22-10-13)15-6-5-14(20)9-16(15)19/h5-11H,3-4,20H2,1-2H3/b17-7-. The van der Waals surface area contributed by atoms with Crippen molar-refractivity contribution >= 4 is 40.9 Å². The zero-order valence-electron chi connectivity index (χ0n) is 12.8. The zero-order valence-corrected chi connectivity index (χ0v) is 14.3. The van der Waals surface area contributed by atoms with Crippen LogP contribution >= 0.6 is 22.9 Å². The number of nitrogens with zero attached hydrogens (tertiary/aromatic N) is 1. The van der Waals surface area contributed by atoms with Crippen molar-refractivity contribution in [3.8, 4) is 10.4 Å². The molecule has 0 saturated carbocycles. The monoisotopic (exact) mass is 330 g/mol. The number of halogens is 1. The van der Waals surface area contributed by atoms with Gasteiger partial charge in [-0.05, 0) is 53.4 Å². The van der Waals surface area contributed by atoms with Gasteiger partial charge in [0.05, 0.1) is 5.02 Å². The van der Waals surface area contributed by atoms with Gasteiger partial charge in [-0.1, -0.05) is 38.1 Å². The summed E-state index contributed by atoms with van der Waals surface area (Å²) in [5.74, 6) is 0.318. The number of hydrogen-bond donors (Lipinski definition) is 1. The molecular weight excluding hydrogens is 312 g/mol. The first-order valence-electron chi connectivity index (χ1n) is 6.94. The highest BCUT2D eigenvalue weighted by atomic mass is 35.5. The van der Waals surface area contributed by atoms with Crippen LogP contribution in [-0.4, -0.2) is 6.72 Å². The van der Waals surface area contributed by atoms with Crippen LogP contribution in [0.4, 0.5) is 5.69 Å². The molecule has 0 aliphatic carbocycles. The Morgan fingerprint density at radius 2 is 2.09 bits per heavy atom. The molecule has 0 unspecified atom stereocenters. The first-order valence-corrected chi connectivity index (χ1v) is 8.19. The molecule has 0 fully saturated rings. The summed E-state index contributed by atoms with van der Waals surface area (Å²) in [5, 5.41) is 2.73. The Labute approximate surface area is 140 Å². The summed E-state index contributed by atoms with van der Waals surface area (Å²) in [6.07, 6.45) is 1.98. The van der Waals surface area contributed by atoms with Crippen LogP contribution in [0.1, 0.15) is 19.4 Å². The van der Waals surface area contributed by atoms with Crippen molar-refractivity contribution in [3.63, 3.8) is 0 Å². The summed E-state index contributed by atoms with van der Waals surface area (Å²) in [5.41, 5.74) is 10.3. The number of thiophene rings is 1. The Bertz CT molecular complexity index is 741. The summed E-state index contributed by atoms with van der Waals surface area (Å²) < 4.78 is 0. The van der Waals surface area contributed by atoms with Crippen molar-refractivity contribution in [3.05, 3.63) is 58.6 Å². The lowest BCUT2D eigenvalue weighted by molar-refractivity contribution is 0.761. The molecule has 1 aromatic heterocycles. The summed E-state index contributed by atoms with van der Waals surface area (Å²) in [7, 11) is 0. The Kier molecular flexibility index (Phi) is 5.22. The van der Waals surface area contributed by atoms with E-state index in [0.29, 0.717) is 16.6 Å². The molecule has 4 heteroatoms. The number of benzene rings is 1. The molecular formula is C18H19ClN2S. The van der Waals surface area contributed by atoms with Crippen molar-refractivity contribution in [2.75, 3.05) is 5.73 Å². The Hall–Kier alpha value is -1.84. The summed E-state index contributed by atoms with van der Waals surface area (Å²) in [4.78, 5) is 5.15. The van der Waals surface area contributed by atoms with E-state index in [1.807, 2.05) is 18.2 Å². The second kappa shape index (κ2) is 6.95. The van der Waals surface area contributed by atoms with Gasteiger partial charge in [-0.25, -0.2) is 0 Å². The summed E-state index contributed by atoms with van der Waals surface area (Å²) in [6.45, 7) is 11.9. The lowest BCUT2D eigenvalue weighted by Crippen LogP contribution is -1.90. The summed E-state index contributed by atoms with van der Waals surface area (Å²) in [6, 6.07) is 7.65. The van der Waals surface area contributed by atoms with Crippen molar-refractivity contribution in [1.82, 2.24) is 0 Å². The Balaban J connectivity index is 2.32. The lowest BCUT2D eigenvalue weighted by Gasteiger charge is -2.06. The molecule has 0 spiro atoms. The minimum Gasteiger partial charge on any atom is -0.399 e. The van der Waals surface area contributed by atoms with Gasteiger partial charge in [0.2, 0.25) is 0 Å². The van der Waals surface area contributed by atoms with Crippen LogP contribution in [0.5, 0.6) is 0 Å².